The van der Waals surface area contributed by atoms with Crippen LogP contribution in [0.4, 0.5) is 0 Å². The highest BCUT2D eigenvalue weighted by atomic mass is 16.5. The SMILES string of the molecule is COC(=O)C[C@H]1C[C@H]1N. The number of ether oxygens (including phenoxy) is 1. The summed E-state index contributed by atoms with van der Waals surface area (Å²) in [6, 6.07) is 0.254. The number of nitrogens with two attached hydrogens (primary N) is 1. The first-order valence-corrected chi connectivity index (χ1v) is 3.06. The van der Waals surface area contributed by atoms with E-state index in [1.54, 1.807) is 0 Å². The lowest BCUT2D eigenvalue weighted by Crippen LogP contribution is -2.07. The van der Waals surface area contributed by atoms with Crippen LogP contribution in [-0.4, -0.2) is 19.1 Å². The molecular formula is C6H11NO2. The minimum absolute atomic E-state index is 0.145. The van der Waals surface area contributed by atoms with Gasteiger partial charge in [-0.3, -0.25) is 4.79 Å². The smallest absolute Gasteiger partial charge is 0.305 e. The molecule has 2 atom stereocenters. The number of esters is 1. The summed E-state index contributed by atoms with van der Waals surface area (Å²) in [7, 11) is 1.40. The van der Waals surface area contributed by atoms with Crippen LogP contribution in [0.3, 0.4) is 0 Å². The first kappa shape index (κ1) is 6.55. The molecule has 0 aromatic rings. The fourth-order valence-corrected chi connectivity index (χ4v) is 0.803. The van der Waals surface area contributed by atoms with Crippen LogP contribution in [0.5, 0.6) is 0 Å². The molecule has 1 rings (SSSR count). The highest BCUT2D eigenvalue weighted by molar-refractivity contribution is 5.70. The molecule has 2 N–H and O–H groups in total. The lowest BCUT2D eigenvalue weighted by Gasteiger charge is -1.94. The van der Waals surface area contributed by atoms with E-state index in [4.69, 9.17) is 5.73 Å². The average Bonchev–Trinajstić information content (AvgIpc) is 2.47. The predicted molar refractivity (Wildman–Crippen MR) is 32.7 cm³/mol. The molecule has 52 valence electrons. The van der Waals surface area contributed by atoms with Crippen LogP contribution in [0, 0.1) is 5.92 Å². The van der Waals surface area contributed by atoms with Crippen molar-refractivity contribution in [3.05, 3.63) is 0 Å². The maximum Gasteiger partial charge on any atom is 0.305 e. The summed E-state index contributed by atoms with van der Waals surface area (Å²) in [5.41, 5.74) is 5.46. The van der Waals surface area contributed by atoms with E-state index in [2.05, 4.69) is 4.74 Å². The Morgan fingerprint density at radius 3 is 2.78 bits per heavy atom. The fraction of sp³-hybridized carbons (Fsp3) is 0.833. The topological polar surface area (TPSA) is 52.3 Å². The average molecular weight is 129 g/mol. The van der Waals surface area contributed by atoms with Gasteiger partial charge in [0.1, 0.15) is 0 Å². The van der Waals surface area contributed by atoms with Gasteiger partial charge in [0.25, 0.3) is 0 Å². The normalized spacial score (nSPS) is 31.8. The summed E-state index contributed by atoms with van der Waals surface area (Å²) in [6.45, 7) is 0. The van der Waals surface area contributed by atoms with Gasteiger partial charge in [0, 0.05) is 12.5 Å². The van der Waals surface area contributed by atoms with Gasteiger partial charge in [-0.25, -0.2) is 0 Å². The van der Waals surface area contributed by atoms with Crippen molar-refractivity contribution in [2.75, 3.05) is 7.11 Å². The first-order valence-electron chi connectivity index (χ1n) is 3.06. The van der Waals surface area contributed by atoms with Crippen molar-refractivity contribution >= 4 is 5.97 Å². The second-order valence-electron chi connectivity index (χ2n) is 2.44. The van der Waals surface area contributed by atoms with E-state index < -0.39 is 0 Å². The molecule has 0 aromatic carbocycles. The molecule has 1 aliphatic carbocycles. The summed E-state index contributed by atoms with van der Waals surface area (Å²) in [5.74, 6) is 0.255. The standard InChI is InChI=1S/C6H11NO2/c1-9-6(8)3-4-2-5(4)7/h4-5H,2-3,7H2,1H3/t4-,5-/m1/s1. The number of hydrogen-bond acceptors (Lipinski definition) is 3. The molecule has 3 heteroatoms. The third-order valence-electron chi connectivity index (χ3n) is 1.63. The van der Waals surface area contributed by atoms with Crippen LogP contribution in [0.15, 0.2) is 0 Å². The van der Waals surface area contributed by atoms with Gasteiger partial charge >= 0.3 is 5.97 Å². The first-order chi connectivity index (χ1) is 4.24. The van der Waals surface area contributed by atoms with Gasteiger partial charge in [0.05, 0.1) is 7.11 Å². The maximum atomic E-state index is 10.5. The minimum atomic E-state index is -0.145. The molecule has 1 aliphatic rings. The van der Waals surface area contributed by atoms with E-state index in [1.807, 2.05) is 0 Å². The number of hydrogen-bond donors (Lipinski definition) is 1. The predicted octanol–water partition coefficient (Wildman–Crippen LogP) is -0.103. The van der Waals surface area contributed by atoms with Gasteiger partial charge in [-0.05, 0) is 12.3 Å². The van der Waals surface area contributed by atoms with Crippen molar-refractivity contribution in [3.8, 4) is 0 Å². The highest BCUT2D eigenvalue weighted by Gasteiger charge is 2.35. The lowest BCUT2D eigenvalue weighted by molar-refractivity contribution is -0.141. The highest BCUT2D eigenvalue weighted by Crippen LogP contribution is 2.31. The number of carbonyl (C=O) groups is 1. The molecule has 1 saturated carbocycles. The van der Waals surface area contributed by atoms with Gasteiger partial charge in [-0.2, -0.15) is 0 Å². The Balaban J connectivity index is 2.12. The molecule has 9 heavy (non-hydrogen) atoms. The second-order valence-corrected chi connectivity index (χ2v) is 2.44. The lowest BCUT2D eigenvalue weighted by atomic mass is 10.3. The van der Waals surface area contributed by atoms with Gasteiger partial charge < -0.3 is 10.5 Å². The summed E-state index contributed by atoms with van der Waals surface area (Å²) in [4.78, 5) is 10.5. The molecule has 0 aliphatic heterocycles. The Bertz CT molecular complexity index is 124. The van der Waals surface area contributed by atoms with Gasteiger partial charge in [-0.1, -0.05) is 0 Å². The van der Waals surface area contributed by atoms with Crippen LogP contribution in [0.25, 0.3) is 0 Å². The van der Waals surface area contributed by atoms with Gasteiger partial charge in [-0.15, -0.1) is 0 Å². The van der Waals surface area contributed by atoms with Gasteiger partial charge in [0.2, 0.25) is 0 Å². The molecule has 1 fully saturated rings. The molecule has 3 nitrogen and oxygen atoms in total. The van der Waals surface area contributed by atoms with Crippen molar-refractivity contribution in [2.24, 2.45) is 11.7 Å². The van der Waals surface area contributed by atoms with Crippen molar-refractivity contribution in [1.82, 2.24) is 0 Å². The maximum absolute atomic E-state index is 10.5. The minimum Gasteiger partial charge on any atom is -0.469 e. The van der Waals surface area contributed by atoms with E-state index in [1.165, 1.54) is 7.11 Å². The Morgan fingerprint density at radius 2 is 2.44 bits per heavy atom. The Hall–Kier alpha value is -0.570. The molecule has 0 spiro atoms. The van der Waals surface area contributed by atoms with Crippen molar-refractivity contribution in [2.45, 2.75) is 18.9 Å². The van der Waals surface area contributed by atoms with Crippen LogP contribution in [0.1, 0.15) is 12.8 Å². The molecular weight excluding hydrogens is 118 g/mol. The summed E-state index contributed by atoms with van der Waals surface area (Å²) >= 11 is 0. The zero-order chi connectivity index (χ0) is 6.85. The Morgan fingerprint density at radius 1 is 1.89 bits per heavy atom. The monoisotopic (exact) mass is 129 g/mol. The van der Waals surface area contributed by atoms with Crippen LogP contribution >= 0.6 is 0 Å². The third kappa shape index (κ3) is 1.68. The van der Waals surface area contributed by atoms with E-state index in [0.717, 1.165) is 6.42 Å². The molecule has 0 amide bonds. The van der Waals surface area contributed by atoms with Crippen LogP contribution in [0.2, 0.25) is 0 Å². The Kier molecular flexibility index (Phi) is 1.71. The molecule has 0 heterocycles. The zero-order valence-corrected chi connectivity index (χ0v) is 5.46. The summed E-state index contributed by atoms with van der Waals surface area (Å²) in [6.07, 6.45) is 1.48. The largest absolute Gasteiger partial charge is 0.469 e. The van der Waals surface area contributed by atoms with Crippen molar-refractivity contribution in [1.29, 1.82) is 0 Å². The van der Waals surface area contributed by atoms with Crippen molar-refractivity contribution in [3.63, 3.8) is 0 Å². The van der Waals surface area contributed by atoms with E-state index in [9.17, 15) is 4.79 Å². The van der Waals surface area contributed by atoms with E-state index in [-0.39, 0.29) is 12.0 Å². The van der Waals surface area contributed by atoms with E-state index >= 15 is 0 Å². The zero-order valence-electron chi connectivity index (χ0n) is 5.46. The Labute approximate surface area is 54.2 Å². The molecule has 0 saturated heterocycles. The quantitative estimate of drug-likeness (QED) is 0.529. The molecule has 0 unspecified atom stereocenters. The molecule has 0 aromatic heterocycles. The van der Waals surface area contributed by atoms with Gasteiger partial charge in [0.15, 0.2) is 0 Å². The van der Waals surface area contributed by atoms with Crippen LogP contribution in [-0.2, 0) is 9.53 Å². The fourth-order valence-electron chi connectivity index (χ4n) is 0.803. The number of rotatable bonds is 2. The van der Waals surface area contributed by atoms with Crippen molar-refractivity contribution < 1.29 is 9.53 Å². The second kappa shape index (κ2) is 2.35. The van der Waals surface area contributed by atoms with Crippen LogP contribution < -0.4 is 5.73 Å². The number of carbonyl (C=O) groups excluding carboxylic acids is 1. The third-order valence-corrected chi connectivity index (χ3v) is 1.63. The molecule has 0 radical (unpaired) electrons. The summed E-state index contributed by atoms with van der Waals surface area (Å²) in [5, 5.41) is 0. The molecule has 0 bridgehead atoms. The number of methoxy groups -OCH3 is 1. The summed E-state index contributed by atoms with van der Waals surface area (Å²) < 4.78 is 4.45. The van der Waals surface area contributed by atoms with E-state index in [0.29, 0.717) is 12.3 Å².